The van der Waals surface area contributed by atoms with Crippen LogP contribution in [0.4, 0.5) is 5.69 Å². The number of pyridine rings is 1. The van der Waals surface area contributed by atoms with Crippen LogP contribution in [0.2, 0.25) is 5.02 Å². The Morgan fingerprint density at radius 1 is 1.21 bits per heavy atom. The van der Waals surface area contributed by atoms with Crippen molar-refractivity contribution in [3.8, 4) is 11.3 Å². The van der Waals surface area contributed by atoms with Gasteiger partial charge in [0.15, 0.2) is 0 Å². The molecule has 0 unspecified atom stereocenters. The third kappa shape index (κ3) is 2.47. The monoisotopic (exact) mass is 338 g/mol. The largest absolute Gasteiger partial charge is 0.306 e. The van der Waals surface area contributed by atoms with Crippen LogP contribution in [0.5, 0.6) is 0 Å². The van der Waals surface area contributed by atoms with E-state index < -0.39 is 0 Å². The second kappa shape index (κ2) is 5.76. The summed E-state index contributed by atoms with van der Waals surface area (Å²) < 4.78 is 0. The van der Waals surface area contributed by atoms with Crippen molar-refractivity contribution in [2.75, 3.05) is 11.4 Å². The van der Waals surface area contributed by atoms with Gasteiger partial charge in [0.05, 0.1) is 23.8 Å². The quantitative estimate of drug-likeness (QED) is 0.776. The summed E-state index contributed by atoms with van der Waals surface area (Å²) in [6, 6.07) is 7.38. The molecule has 1 aliphatic heterocycles. The summed E-state index contributed by atoms with van der Waals surface area (Å²) in [5, 5.41) is 7.68. The summed E-state index contributed by atoms with van der Waals surface area (Å²) in [6.45, 7) is 2.59. The molecule has 3 heterocycles. The van der Waals surface area contributed by atoms with Crippen molar-refractivity contribution in [1.82, 2.24) is 15.2 Å². The van der Waals surface area contributed by atoms with Crippen LogP contribution in [0.25, 0.3) is 11.3 Å². The number of carbonyl (C=O) groups is 1. The van der Waals surface area contributed by atoms with Crippen molar-refractivity contribution in [3.05, 3.63) is 64.6 Å². The molecule has 0 atom stereocenters. The number of rotatable bonds is 2. The van der Waals surface area contributed by atoms with Crippen molar-refractivity contribution in [2.24, 2.45) is 0 Å². The second-order valence-corrected chi connectivity index (χ2v) is 6.30. The fraction of sp³-hybridized carbons (Fsp3) is 0.167. The average molecular weight is 339 g/mol. The van der Waals surface area contributed by atoms with E-state index >= 15 is 0 Å². The Kier molecular flexibility index (Phi) is 3.58. The minimum atomic E-state index is -0.0202. The molecule has 1 amide bonds. The summed E-state index contributed by atoms with van der Waals surface area (Å²) in [6.07, 6.45) is 6.03. The first-order chi connectivity index (χ1) is 11.6. The van der Waals surface area contributed by atoms with E-state index in [0.717, 1.165) is 34.5 Å². The number of hydrogen-bond donors (Lipinski definition) is 1. The first kappa shape index (κ1) is 14.9. The summed E-state index contributed by atoms with van der Waals surface area (Å²) in [7, 11) is 0. The Labute approximate surface area is 144 Å². The van der Waals surface area contributed by atoms with Gasteiger partial charge in [-0.15, -0.1) is 0 Å². The number of anilines is 1. The molecular formula is C18H15ClN4O. The van der Waals surface area contributed by atoms with Crippen LogP contribution in [0, 0.1) is 6.92 Å². The van der Waals surface area contributed by atoms with Gasteiger partial charge in [-0.25, -0.2) is 0 Å². The smallest absolute Gasteiger partial charge is 0.258 e. The Hall–Kier alpha value is -2.66. The molecule has 1 aromatic carbocycles. The number of carbonyl (C=O) groups excluding carboxylic acids is 1. The molecular weight excluding hydrogens is 324 g/mol. The molecule has 0 radical (unpaired) electrons. The zero-order chi connectivity index (χ0) is 16.7. The zero-order valence-electron chi connectivity index (χ0n) is 13.1. The molecule has 0 saturated heterocycles. The fourth-order valence-electron chi connectivity index (χ4n) is 3.05. The number of aromatic nitrogens is 3. The molecule has 2 aromatic heterocycles. The van der Waals surface area contributed by atoms with Crippen LogP contribution >= 0.6 is 11.6 Å². The molecule has 6 heteroatoms. The molecule has 3 aromatic rings. The normalized spacial score (nSPS) is 13.9. The lowest BCUT2D eigenvalue weighted by Gasteiger charge is -2.28. The highest BCUT2D eigenvalue weighted by molar-refractivity contribution is 6.30. The van der Waals surface area contributed by atoms with Crippen molar-refractivity contribution in [2.45, 2.75) is 13.3 Å². The van der Waals surface area contributed by atoms with Gasteiger partial charge in [0.2, 0.25) is 0 Å². The highest BCUT2D eigenvalue weighted by atomic mass is 35.5. The van der Waals surface area contributed by atoms with Gasteiger partial charge in [-0.1, -0.05) is 11.6 Å². The third-order valence-corrected chi connectivity index (χ3v) is 4.54. The van der Waals surface area contributed by atoms with Gasteiger partial charge in [0.1, 0.15) is 0 Å². The van der Waals surface area contributed by atoms with Gasteiger partial charge in [-0.2, -0.15) is 5.10 Å². The lowest BCUT2D eigenvalue weighted by molar-refractivity contribution is 0.0980. The predicted octanol–water partition coefficient (Wildman–Crippen LogP) is 3.64. The fourth-order valence-corrected chi connectivity index (χ4v) is 3.25. The van der Waals surface area contributed by atoms with Crippen LogP contribution < -0.4 is 4.90 Å². The maximum absolute atomic E-state index is 12.8. The highest BCUT2D eigenvalue weighted by Crippen LogP contribution is 2.29. The molecule has 1 N–H and O–H groups in total. The van der Waals surface area contributed by atoms with E-state index in [1.54, 1.807) is 35.6 Å². The van der Waals surface area contributed by atoms with E-state index in [1.807, 2.05) is 19.1 Å². The predicted molar refractivity (Wildman–Crippen MR) is 93.4 cm³/mol. The lowest BCUT2D eigenvalue weighted by atomic mass is 9.98. The van der Waals surface area contributed by atoms with Gasteiger partial charge < -0.3 is 4.90 Å². The van der Waals surface area contributed by atoms with E-state index in [4.69, 9.17) is 11.6 Å². The highest BCUT2D eigenvalue weighted by Gasteiger charge is 2.26. The Morgan fingerprint density at radius 3 is 2.88 bits per heavy atom. The Balaban J connectivity index is 1.71. The topological polar surface area (TPSA) is 61.9 Å². The maximum Gasteiger partial charge on any atom is 0.258 e. The van der Waals surface area contributed by atoms with Gasteiger partial charge in [0, 0.05) is 28.9 Å². The minimum Gasteiger partial charge on any atom is -0.306 e. The van der Waals surface area contributed by atoms with Crippen LogP contribution in [0.1, 0.15) is 21.5 Å². The van der Waals surface area contributed by atoms with Gasteiger partial charge in [-0.05, 0) is 48.7 Å². The molecule has 24 heavy (non-hydrogen) atoms. The number of nitrogens with one attached hydrogen (secondary N) is 1. The van der Waals surface area contributed by atoms with E-state index in [-0.39, 0.29) is 5.91 Å². The van der Waals surface area contributed by atoms with Crippen LogP contribution in [-0.2, 0) is 6.42 Å². The number of H-pyrrole nitrogens is 1. The summed E-state index contributed by atoms with van der Waals surface area (Å²) in [5.41, 5.74) is 5.36. The number of aromatic amines is 1. The molecule has 0 bridgehead atoms. The second-order valence-electron chi connectivity index (χ2n) is 5.87. The SMILES string of the molecule is Cc1cn[nH]c1-c1cncc(N2CCc3cc(Cl)ccc3C2=O)c1. The minimum absolute atomic E-state index is 0.0202. The maximum atomic E-state index is 12.8. The number of hydrogen-bond acceptors (Lipinski definition) is 3. The van der Waals surface area contributed by atoms with Gasteiger partial charge in [0.25, 0.3) is 5.91 Å². The molecule has 0 aliphatic carbocycles. The Bertz CT molecular complexity index is 934. The van der Waals surface area contributed by atoms with E-state index in [2.05, 4.69) is 15.2 Å². The van der Waals surface area contributed by atoms with Crippen LogP contribution in [0.3, 0.4) is 0 Å². The molecule has 5 nitrogen and oxygen atoms in total. The lowest BCUT2D eigenvalue weighted by Crippen LogP contribution is -2.37. The van der Waals surface area contributed by atoms with Gasteiger partial charge in [-0.3, -0.25) is 14.9 Å². The zero-order valence-corrected chi connectivity index (χ0v) is 13.8. The van der Waals surface area contributed by atoms with Crippen molar-refractivity contribution in [3.63, 3.8) is 0 Å². The third-order valence-electron chi connectivity index (χ3n) is 4.30. The number of fused-ring (bicyclic) bond motifs is 1. The van der Waals surface area contributed by atoms with Gasteiger partial charge >= 0.3 is 0 Å². The molecule has 0 saturated carbocycles. The summed E-state index contributed by atoms with van der Waals surface area (Å²) in [4.78, 5) is 18.9. The number of halogens is 1. The van der Waals surface area contributed by atoms with Crippen molar-refractivity contribution < 1.29 is 4.79 Å². The molecule has 0 spiro atoms. The number of benzene rings is 1. The van der Waals surface area contributed by atoms with Crippen molar-refractivity contribution in [1.29, 1.82) is 0 Å². The first-order valence-corrected chi connectivity index (χ1v) is 8.07. The van der Waals surface area contributed by atoms with Crippen LogP contribution in [-0.4, -0.2) is 27.6 Å². The number of amides is 1. The molecule has 4 rings (SSSR count). The molecule has 0 fully saturated rings. The number of aryl methyl sites for hydroxylation is 1. The van der Waals surface area contributed by atoms with E-state index in [1.165, 1.54) is 0 Å². The number of nitrogens with zero attached hydrogens (tertiary/aromatic N) is 3. The van der Waals surface area contributed by atoms with Crippen molar-refractivity contribution >= 4 is 23.2 Å². The molecule has 1 aliphatic rings. The molecule has 120 valence electrons. The van der Waals surface area contributed by atoms with E-state index in [9.17, 15) is 4.79 Å². The standard InChI is InChI=1S/C18H15ClN4O/c1-11-8-21-22-17(11)13-7-15(10-20-9-13)23-5-4-12-6-14(19)2-3-16(12)18(23)24/h2-3,6-10H,4-5H2,1H3,(H,21,22). The average Bonchev–Trinajstić information content (AvgIpc) is 3.01. The van der Waals surface area contributed by atoms with E-state index in [0.29, 0.717) is 17.1 Å². The summed E-state index contributed by atoms with van der Waals surface area (Å²) >= 11 is 6.03. The van der Waals surface area contributed by atoms with Crippen LogP contribution in [0.15, 0.2) is 42.9 Å². The summed E-state index contributed by atoms with van der Waals surface area (Å²) in [5.74, 6) is -0.0202. The Morgan fingerprint density at radius 2 is 2.08 bits per heavy atom. The first-order valence-electron chi connectivity index (χ1n) is 7.69.